The molecule has 0 aliphatic heterocycles. The van der Waals surface area contributed by atoms with E-state index in [2.05, 4.69) is 4.98 Å². The summed E-state index contributed by atoms with van der Waals surface area (Å²) in [5.41, 5.74) is 1.60. The van der Waals surface area contributed by atoms with Crippen molar-refractivity contribution in [3.63, 3.8) is 0 Å². The highest BCUT2D eigenvalue weighted by Gasteiger charge is 2.22. The number of oxazole rings is 1. The Morgan fingerprint density at radius 2 is 2.35 bits per heavy atom. The third-order valence-electron chi connectivity index (χ3n) is 2.16. The van der Waals surface area contributed by atoms with Gasteiger partial charge in [0.05, 0.1) is 12.2 Å². The van der Waals surface area contributed by atoms with Crippen LogP contribution in [0.2, 0.25) is 0 Å². The zero-order chi connectivity index (χ0) is 12.4. The van der Waals surface area contributed by atoms with Crippen molar-refractivity contribution in [3.05, 3.63) is 22.0 Å². The van der Waals surface area contributed by atoms with Gasteiger partial charge in [0.25, 0.3) is 0 Å². The molecule has 0 aromatic carbocycles. The molecule has 0 saturated heterocycles. The van der Waals surface area contributed by atoms with Crippen LogP contribution in [0.3, 0.4) is 0 Å². The van der Waals surface area contributed by atoms with Gasteiger partial charge in [0.15, 0.2) is 0 Å². The number of rotatable bonds is 4. The Balaban J connectivity index is 2.47. The average molecular weight is 253 g/mol. The summed E-state index contributed by atoms with van der Waals surface area (Å²) in [4.78, 5) is 14.9. The predicted molar refractivity (Wildman–Crippen MR) is 62.7 cm³/mol. The first-order chi connectivity index (χ1) is 8.13. The second-order valence-electron chi connectivity index (χ2n) is 3.36. The van der Waals surface area contributed by atoms with Crippen LogP contribution in [0.15, 0.2) is 15.2 Å². The molecule has 0 unspecified atom stereocenters. The summed E-state index contributed by atoms with van der Waals surface area (Å²) >= 11 is 1.51. The predicted octanol–water partition coefficient (Wildman–Crippen LogP) is 2.81. The fourth-order valence-corrected chi connectivity index (χ4v) is 2.19. The van der Waals surface area contributed by atoms with E-state index in [0.717, 1.165) is 11.1 Å². The van der Waals surface area contributed by atoms with Gasteiger partial charge in [-0.2, -0.15) is 16.3 Å². The molecule has 0 aliphatic carbocycles. The summed E-state index contributed by atoms with van der Waals surface area (Å²) < 4.78 is 10.4. The average Bonchev–Trinajstić information content (AvgIpc) is 2.84. The molecule has 0 saturated carbocycles. The monoisotopic (exact) mass is 253 g/mol. The van der Waals surface area contributed by atoms with Gasteiger partial charge in [-0.05, 0) is 24.8 Å². The molecule has 1 N–H and O–H groups in total. The maximum absolute atomic E-state index is 11.0. The lowest BCUT2D eigenvalue weighted by atomic mass is 10.2. The van der Waals surface area contributed by atoms with Gasteiger partial charge in [0, 0.05) is 5.38 Å². The summed E-state index contributed by atoms with van der Waals surface area (Å²) in [7, 11) is 0. The van der Waals surface area contributed by atoms with Crippen LogP contribution >= 0.6 is 11.3 Å². The molecule has 17 heavy (non-hydrogen) atoms. The van der Waals surface area contributed by atoms with Crippen molar-refractivity contribution in [1.29, 1.82) is 0 Å². The number of carboxylic acids is 1. The normalized spacial score (nSPS) is 10.5. The van der Waals surface area contributed by atoms with Gasteiger partial charge in [0.2, 0.25) is 11.6 Å². The van der Waals surface area contributed by atoms with Crippen molar-refractivity contribution in [2.75, 3.05) is 6.61 Å². The first kappa shape index (κ1) is 11.7. The Hall–Kier alpha value is -1.82. The van der Waals surface area contributed by atoms with Crippen LogP contribution in [0.1, 0.15) is 23.0 Å². The van der Waals surface area contributed by atoms with Gasteiger partial charge in [-0.15, -0.1) is 0 Å². The zero-order valence-corrected chi connectivity index (χ0v) is 10.2. The summed E-state index contributed by atoms with van der Waals surface area (Å²) in [6.07, 6.45) is 0. The number of hydrogen-bond donors (Lipinski definition) is 1. The second-order valence-corrected chi connectivity index (χ2v) is 4.11. The van der Waals surface area contributed by atoms with Gasteiger partial charge in [0.1, 0.15) is 0 Å². The van der Waals surface area contributed by atoms with Crippen LogP contribution < -0.4 is 4.74 Å². The van der Waals surface area contributed by atoms with Crippen LogP contribution in [0, 0.1) is 6.92 Å². The van der Waals surface area contributed by atoms with Crippen LogP contribution in [0.25, 0.3) is 11.5 Å². The highest BCUT2D eigenvalue weighted by molar-refractivity contribution is 7.08. The van der Waals surface area contributed by atoms with Gasteiger partial charge in [-0.3, -0.25) is 0 Å². The molecule has 0 atom stereocenters. The molecular formula is C11H11NO4S. The third kappa shape index (κ3) is 2.16. The van der Waals surface area contributed by atoms with E-state index in [1.165, 1.54) is 11.3 Å². The summed E-state index contributed by atoms with van der Waals surface area (Å²) in [5, 5.41) is 12.8. The van der Waals surface area contributed by atoms with Gasteiger partial charge in [-0.1, -0.05) is 0 Å². The van der Waals surface area contributed by atoms with E-state index >= 15 is 0 Å². The molecule has 0 aliphatic rings. The number of aromatic nitrogens is 1. The molecule has 2 heterocycles. The topological polar surface area (TPSA) is 72.6 Å². The van der Waals surface area contributed by atoms with E-state index in [4.69, 9.17) is 14.3 Å². The molecule has 2 aromatic heterocycles. The number of carboxylic acid groups (broad SMARTS) is 1. The van der Waals surface area contributed by atoms with Crippen molar-refractivity contribution in [1.82, 2.24) is 4.98 Å². The molecular weight excluding hydrogens is 242 g/mol. The zero-order valence-electron chi connectivity index (χ0n) is 9.39. The molecule has 2 rings (SSSR count). The molecule has 0 amide bonds. The molecule has 6 heteroatoms. The van der Waals surface area contributed by atoms with Gasteiger partial charge >= 0.3 is 11.9 Å². The molecule has 2 aromatic rings. The minimum Gasteiger partial charge on any atom is -0.476 e. The van der Waals surface area contributed by atoms with Crippen LogP contribution in [0.4, 0.5) is 0 Å². The molecule has 0 radical (unpaired) electrons. The van der Waals surface area contributed by atoms with E-state index in [1.807, 2.05) is 17.7 Å². The van der Waals surface area contributed by atoms with Crippen molar-refractivity contribution >= 4 is 17.3 Å². The van der Waals surface area contributed by atoms with Crippen molar-refractivity contribution in [2.45, 2.75) is 13.8 Å². The maximum Gasteiger partial charge on any atom is 0.362 e. The van der Waals surface area contributed by atoms with E-state index in [1.54, 1.807) is 6.92 Å². The smallest absolute Gasteiger partial charge is 0.362 e. The number of ether oxygens (including phenoxy) is 1. The summed E-state index contributed by atoms with van der Waals surface area (Å²) in [6.45, 7) is 4.00. The van der Waals surface area contributed by atoms with Crippen LogP contribution in [-0.4, -0.2) is 22.7 Å². The Bertz CT molecular complexity index is 543. The fraction of sp³-hybridized carbons (Fsp3) is 0.273. The Morgan fingerprint density at radius 1 is 1.59 bits per heavy atom. The lowest BCUT2D eigenvalue weighted by Crippen LogP contribution is -2.01. The highest BCUT2D eigenvalue weighted by Crippen LogP contribution is 2.31. The Labute approximate surface area is 102 Å². The third-order valence-corrected chi connectivity index (χ3v) is 3.02. The van der Waals surface area contributed by atoms with Crippen molar-refractivity contribution in [2.24, 2.45) is 0 Å². The number of carbonyl (C=O) groups is 1. The number of hydrogen-bond acceptors (Lipinski definition) is 5. The Morgan fingerprint density at radius 3 is 2.88 bits per heavy atom. The van der Waals surface area contributed by atoms with E-state index < -0.39 is 5.97 Å². The molecule has 0 spiro atoms. The van der Waals surface area contributed by atoms with Crippen molar-refractivity contribution < 1.29 is 19.1 Å². The maximum atomic E-state index is 11.0. The second kappa shape index (κ2) is 4.58. The van der Waals surface area contributed by atoms with Crippen LogP contribution in [-0.2, 0) is 0 Å². The highest BCUT2D eigenvalue weighted by atomic mass is 32.1. The summed E-state index contributed by atoms with van der Waals surface area (Å²) in [5.74, 6) is -0.915. The fourth-order valence-electron chi connectivity index (χ4n) is 1.37. The first-order valence-corrected chi connectivity index (χ1v) is 5.97. The van der Waals surface area contributed by atoms with Crippen molar-refractivity contribution in [3.8, 4) is 17.4 Å². The lowest BCUT2D eigenvalue weighted by Gasteiger charge is -1.96. The number of nitrogens with zero attached hydrogens (tertiary/aromatic N) is 1. The number of aryl methyl sites for hydroxylation is 1. The first-order valence-electron chi connectivity index (χ1n) is 5.03. The Kier molecular flexibility index (Phi) is 3.14. The number of thiophene rings is 1. The van der Waals surface area contributed by atoms with E-state index in [-0.39, 0.29) is 17.5 Å². The molecule has 0 bridgehead atoms. The standard InChI is InChI=1S/C11H11NO4S/c1-3-15-11-8(10(13)14)12-9(16-11)7-5-17-4-6(7)2/h4-5H,3H2,1-2H3,(H,13,14). The SMILES string of the molecule is CCOc1oc(-c2cscc2C)nc1C(=O)O. The molecule has 90 valence electrons. The summed E-state index contributed by atoms with van der Waals surface area (Å²) in [6, 6.07) is 0. The van der Waals surface area contributed by atoms with Crippen LogP contribution in [0.5, 0.6) is 5.95 Å². The molecule has 0 fully saturated rings. The largest absolute Gasteiger partial charge is 0.476 e. The number of aromatic carboxylic acids is 1. The van der Waals surface area contributed by atoms with E-state index in [9.17, 15) is 4.79 Å². The molecule has 5 nitrogen and oxygen atoms in total. The van der Waals surface area contributed by atoms with Gasteiger partial charge < -0.3 is 14.3 Å². The lowest BCUT2D eigenvalue weighted by molar-refractivity contribution is 0.0683. The minimum absolute atomic E-state index is 0.0411. The minimum atomic E-state index is -1.16. The van der Waals surface area contributed by atoms with Gasteiger partial charge in [-0.25, -0.2) is 4.79 Å². The van der Waals surface area contributed by atoms with E-state index in [0.29, 0.717) is 6.61 Å². The quantitative estimate of drug-likeness (QED) is 0.907.